The van der Waals surface area contributed by atoms with Crippen LogP contribution in [-0.2, 0) is 9.53 Å². The van der Waals surface area contributed by atoms with Gasteiger partial charge in [-0.15, -0.1) is 0 Å². The minimum Gasteiger partial charge on any atom is -0.496 e. The minimum atomic E-state index is -4.70. The first-order chi connectivity index (χ1) is 14.5. The fourth-order valence-corrected chi connectivity index (χ4v) is 3.53. The number of halogens is 4. The van der Waals surface area contributed by atoms with Crippen LogP contribution in [0.1, 0.15) is 34.0 Å². The van der Waals surface area contributed by atoms with Crippen LogP contribution in [0.25, 0.3) is 0 Å². The van der Waals surface area contributed by atoms with Crippen molar-refractivity contribution in [1.29, 1.82) is 0 Å². The maximum Gasteiger partial charge on any atom is 0.414 e. The maximum absolute atomic E-state index is 13.9. The van der Waals surface area contributed by atoms with Crippen LogP contribution in [0, 0.1) is 12.7 Å². The normalized spacial score (nSPS) is 21.0. The number of nitrogens with zero attached hydrogens (tertiary/aromatic N) is 1. The van der Waals surface area contributed by atoms with E-state index in [1.165, 1.54) is 38.4 Å². The van der Waals surface area contributed by atoms with Crippen LogP contribution in [0.15, 0.2) is 30.5 Å². The number of methoxy groups -OCH3 is 1. The van der Waals surface area contributed by atoms with Crippen LogP contribution in [0.3, 0.4) is 0 Å². The van der Waals surface area contributed by atoms with Gasteiger partial charge in [-0.2, -0.15) is 13.2 Å². The quantitative estimate of drug-likeness (QED) is 0.695. The fraction of sp³-hybridized carbons (Fsp3) is 0.350. The second-order valence-corrected chi connectivity index (χ2v) is 7.01. The summed E-state index contributed by atoms with van der Waals surface area (Å²) in [5.41, 5.74) is 5.45. The Hall–Kier alpha value is -3.21. The number of hydrogen-bond acceptors (Lipinski definition) is 5. The molecular formula is C20H19F4N3O4. The average Bonchev–Trinajstić information content (AvgIpc) is 3.16. The lowest BCUT2D eigenvalue weighted by molar-refractivity contribution is -0.213. The van der Waals surface area contributed by atoms with Crippen molar-refractivity contribution in [2.24, 2.45) is 5.73 Å². The lowest BCUT2D eigenvalue weighted by atomic mass is 9.88. The Morgan fingerprint density at radius 1 is 1.29 bits per heavy atom. The van der Waals surface area contributed by atoms with Crippen molar-refractivity contribution in [1.82, 2.24) is 4.98 Å². The first kappa shape index (κ1) is 22.5. The van der Waals surface area contributed by atoms with Gasteiger partial charge in [-0.25, -0.2) is 4.39 Å². The molecule has 1 aliphatic heterocycles. The molecule has 1 fully saturated rings. The average molecular weight is 441 g/mol. The molecule has 3 rings (SSSR count). The summed E-state index contributed by atoms with van der Waals surface area (Å²) in [5.74, 6) is -3.31. The second-order valence-electron chi connectivity index (χ2n) is 7.01. The van der Waals surface area contributed by atoms with Crippen LogP contribution in [0.4, 0.5) is 23.2 Å². The molecular weight excluding hydrogens is 422 g/mol. The zero-order valence-corrected chi connectivity index (χ0v) is 16.5. The summed E-state index contributed by atoms with van der Waals surface area (Å²) < 4.78 is 64.3. The summed E-state index contributed by atoms with van der Waals surface area (Å²) in [7, 11) is 1.26. The van der Waals surface area contributed by atoms with E-state index in [9.17, 15) is 27.2 Å². The Labute approximate surface area is 174 Å². The molecule has 0 unspecified atom stereocenters. The van der Waals surface area contributed by atoms with Crippen LogP contribution in [0.2, 0.25) is 0 Å². The molecule has 2 aromatic rings. The molecule has 0 radical (unpaired) electrons. The Morgan fingerprint density at radius 3 is 2.61 bits per heavy atom. The number of anilines is 1. The molecule has 2 heterocycles. The Balaban J connectivity index is 1.96. The van der Waals surface area contributed by atoms with Crippen molar-refractivity contribution < 1.29 is 36.6 Å². The number of carbonyl (C=O) groups excluding carboxylic acids is 2. The zero-order valence-electron chi connectivity index (χ0n) is 16.5. The van der Waals surface area contributed by atoms with Gasteiger partial charge in [0.2, 0.25) is 0 Å². The summed E-state index contributed by atoms with van der Waals surface area (Å²) in [6.07, 6.45) is -7.78. The number of nitrogens with two attached hydrogens (primary N) is 1. The molecule has 2 amide bonds. The standard InChI is InChI=1S/C20H19F4N3O4/c1-9-13(21)4-3-11(16(9)30-2)12-8-15(20(22,23)24)31-17(12)19(29)27-10-5-6-26-14(7-10)18(25)28/h3-7,12,15,17H,8H2,1-2H3,(H2,25,28)(H,26,27,29)/t12-,15-,17+/m1/s1. The van der Waals surface area contributed by atoms with E-state index in [2.05, 4.69) is 10.3 Å². The van der Waals surface area contributed by atoms with Gasteiger partial charge in [0.05, 0.1) is 7.11 Å². The van der Waals surface area contributed by atoms with Crippen molar-refractivity contribution in [2.45, 2.75) is 37.6 Å². The number of aromatic nitrogens is 1. The van der Waals surface area contributed by atoms with E-state index in [1.54, 1.807) is 0 Å². The van der Waals surface area contributed by atoms with Crippen LogP contribution in [-0.4, -0.2) is 42.3 Å². The van der Waals surface area contributed by atoms with Gasteiger partial charge in [0, 0.05) is 28.9 Å². The molecule has 31 heavy (non-hydrogen) atoms. The number of alkyl halides is 3. The van der Waals surface area contributed by atoms with Crippen molar-refractivity contribution >= 4 is 17.5 Å². The third kappa shape index (κ3) is 4.61. The monoisotopic (exact) mass is 441 g/mol. The molecule has 1 aromatic heterocycles. The Bertz CT molecular complexity index is 1010. The lowest BCUT2D eigenvalue weighted by Crippen LogP contribution is -2.34. The number of amides is 2. The van der Waals surface area contributed by atoms with Gasteiger partial charge in [-0.1, -0.05) is 6.07 Å². The highest BCUT2D eigenvalue weighted by Gasteiger charge is 2.52. The summed E-state index contributed by atoms with van der Waals surface area (Å²) >= 11 is 0. The van der Waals surface area contributed by atoms with E-state index in [0.717, 1.165) is 6.07 Å². The fourth-order valence-electron chi connectivity index (χ4n) is 3.53. The summed E-state index contributed by atoms with van der Waals surface area (Å²) in [4.78, 5) is 27.9. The highest BCUT2D eigenvalue weighted by molar-refractivity contribution is 5.97. The van der Waals surface area contributed by atoms with Gasteiger partial charge in [-0.3, -0.25) is 14.6 Å². The largest absolute Gasteiger partial charge is 0.496 e. The first-order valence-corrected chi connectivity index (χ1v) is 9.14. The van der Waals surface area contributed by atoms with Crippen LogP contribution in [0.5, 0.6) is 5.75 Å². The minimum absolute atomic E-state index is 0.0501. The van der Waals surface area contributed by atoms with Gasteiger partial charge >= 0.3 is 6.18 Å². The number of nitrogens with one attached hydrogen (secondary N) is 1. The molecule has 0 bridgehead atoms. The number of benzene rings is 1. The molecule has 1 saturated heterocycles. The number of hydrogen-bond donors (Lipinski definition) is 2. The molecule has 166 valence electrons. The predicted molar refractivity (Wildman–Crippen MR) is 101 cm³/mol. The predicted octanol–water partition coefficient (Wildman–Crippen LogP) is 3.08. The van der Waals surface area contributed by atoms with E-state index in [4.69, 9.17) is 15.2 Å². The number of rotatable bonds is 5. The number of ether oxygens (including phenoxy) is 2. The molecule has 7 nitrogen and oxygen atoms in total. The van der Waals surface area contributed by atoms with Crippen LogP contribution >= 0.6 is 0 Å². The second kappa shape index (κ2) is 8.50. The maximum atomic E-state index is 13.9. The molecule has 0 spiro atoms. The molecule has 0 saturated carbocycles. The van der Waals surface area contributed by atoms with Crippen LogP contribution < -0.4 is 15.8 Å². The highest BCUT2D eigenvalue weighted by atomic mass is 19.4. The van der Waals surface area contributed by atoms with Crippen molar-refractivity contribution in [3.8, 4) is 5.75 Å². The van der Waals surface area contributed by atoms with E-state index < -0.39 is 48.4 Å². The molecule has 1 aromatic carbocycles. The van der Waals surface area contributed by atoms with E-state index in [-0.39, 0.29) is 28.3 Å². The van der Waals surface area contributed by atoms with Crippen molar-refractivity contribution in [2.75, 3.05) is 12.4 Å². The zero-order chi connectivity index (χ0) is 22.9. The van der Waals surface area contributed by atoms with Crippen molar-refractivity contribution in [3.63, 3.8) is 0 Å². The van der Waals surface area contributed by atoms with Crippen molar-refractivity contribution in [3.05, 3.63) is 53.1 Å². The third-order valence-electron chi connectivity index (χ3n) is 5.02. The molecule has 0 aliphatic carbocycles. The molecule has 3 N–H and O–H groups in total. The van der Waals surface area contributed by atoms with Gasteiger partial charge in [0.25, 0.3) is 11.8 Å². The number of primary amides is 1. The van der Waals surface area contributed by atoms with Gasteiger partial charge in [-0.05, 0) is 31.5 Å². The van der Waals surface area contributed by atoms with E-state index in [0.29, 0.717) is 0 Å². The summed E-state index contributed by atoms with van der Waals surface area (Å²) in [5, 5.41) is 2.42. The molecule has 11 heteroatoms. The number of pyridine rings is 1. The molecule has 3 atom stereocenters. The Kier molecular flexibility index (Phi) is 6.16. The number of carbonyl (C=O) groups is 2. The molecule has 1 aliphatic rings. The topological polar surface area (TPSA) is 104 Å². The first-order valence-electron chi connectivity index (χ1n) is 9.14. The Morgan fingerprint density at radius 2 is 2.00 bits per heavy atom. The van der Waals surface area contributed by atoms with E-state index >= 15 is 0 Å². The van der Waals surface area contributed by atoms with E-state index in [1.807, 2.05) is 0 Å². The summed E-state index contributed by atoms with van der Waals surface area (Å²) in [6.45, 7) is 1.42. The lowest BCUT2D eigenvalue weighted by Gasteiger charge is -2.21. The highest BCUT2D eigenvalue weighted by Crippen LogP contribution is 2.45. The smallest absolute Gasteiger partial charge is 0.414 e. The third-order valence-corrected chi connectivity index (χ3v) is 5.02. The summed E-state index contributed by atoms with van der Waals surface area (Å²) in [6, 6.07) is 4.92. The van der Waals surface area contributed by atoms with Gasteiger partial charge in [0.15, 0.2) is 6.10 Å². The van der Waals surface area contributed by atoms with Gasteiger partial charge < -0.3 is 20.5 Å². The SMILES string of the molecule is COc1c([C@H]2C[C@H](C(F)(F)F)O[C@@H]2C(=O)Nc2ccnc(C(N)=O)c2)ccc(F)c1C. The van der Waals surface area contributed by atoms with Gasteiger partial charge in [0.1, 0.15) is 23.4 Å².